The number of H-pyrrole nitrogens is 1. The van der Waals surface area contributed by atoms with Crippen molar-refractivity contribution in [2.24, 2.45) is 0 Å². The van der Waals surface area contributed by atoms with Gasteiger partial charge in [0.15, 0.2) is 9.84 Å². The van der Waals surface area contributed by atoms with E-state index in [1.807, 2.05) is 0 Å². The number of ether oxygens (including phenoxy) is 1. The van der Waals surface area contributed by atoms with E-state index in [2.05, 4.69) is 38.8 Å². The van der Waals surface area contributed by atoms with Crippen LogP contribution in [0, 0.1) is 11.8 Å². The highest BCUT2D eigenvalue weighted by Crippen LogP contribution is 2.25. The Morgan fingerprint density at radius 2 is 2.19 bits per heavy atom. The minimum Gasteiger partial charge on any atom is -0.476 e. The van der Waals surface area contributed by atoms with E-state index in [9.17, 15) is 13.2 Å². The van der Waals surface area contributed by atoms with Gasteiger partial charge in [0.05, 0.1) is 6.20 Å². The van der Waals surface area contributed by atoms with Crippen LogP contribution in [0.4, 0.5) is 0 Å². The molecule has 2 heterocycles. The molecule has 0 atom stereocenters. The fourth-order valence-electron chi connectivity index (χ4n) is 1.77. The standard InChI is InChI=1S/C16H14N4O5S/c1-4-10(5-2)6-7-12-13(26(3,23)24)8-11(9-17-12)25-15-14(16(21)22)18-20-19-15/h4-5,8-9H,1H2,2-3H3,(H,21,22)(H,18,19,20)/b10-5+. The molecule has 0 aliphatic rings. The summed E-state index contributed by atoms with van der Waals surface area (Å²) < 4.78 is 29.4. The van der Waals surface area contributed by atoms with Crippen LogP contribution < -0.4 is 4.74 Å². The van der Waals surface area contributed by atoms with Crippen molar-refractivity contribution in [1.29, 1.82) is 0 Å². The fourth-order valence-corrected chi connectivity index (χ4v) is 2.56. The quantitative estimate of drug-likeness (QED) is 0.595. The van der Waals surface area contributed by atoms with Gasteiger partial charge in [0.2, 0.25) is 5.69 Å². The van der Waals surface area contributed by atoms with Gasteiger partial charge in [-0.25, -0.2) is 23.3 Å². The second-order valence-corrected chi connectivity index (χ2v) is 6.87. The minimum absolute atomic E-state index is 0.0256. The molecule has 2 rings (SSSR count). The number of carboxylic acids is 1. The van der Waals surface area contributed by atoms with Gasteiger partial charge < -0.3 is 9.84 Å². The molecule has 0 aliphatic heterocycles. The average molecular weight is 374 g/mol. The van der Waals surface area contributed by atoms with Crippen molar-refractivity contribution < 1.29 is 23.1 Å². The van der Waals surface area contributed by atoms with Crippen molar-refractivity contribution in [3.63, 3.8) is 0 Å². The maximum absolute atomic E-state index is 12.0. The summed E-state index contributed by atoms with van der Waals surface area (Å²) in [5, 5.41) is 18.0. The van der Waals surface area contributed by atoms with Crippen LogP contribution >= 0.6 is 0 Å². The molecule has 9 nitrogen and oxygen atoms in total. The number of carbonyl (C=O) groups is 1. The maximum Gasteiger partial charge on any atom is 0.359 e. The molecular formula is C16H14N4O5S. The van der Waals surface area contributed by atoms with E-state index in [0.29, 0.717) is 5.57 Å². The molecule has 0 aromatic carbocycles. The van der Waals surface area contributed by atoms with Gasteiger partial charge in [0, 0.05) is 17.9 Å². The van der Waals surface area contributed by atoms with E-state index in [4.69, 9.17) is 9.84 Å². The molecule has 0 saturated heterocycles. The summed E-state index contributed by atoms with van der Waals surface area (Å²) in [6, 6.07) is 1.19. The smallest absolute Gasteiger partial charge is 0.359 e. The van der Waals surface area contributed by atoms with Crippen LogP contribution in [0.5, 0.6) is 11.6 Å². The highest BCUT2D eigenvalue weighted by molar-refractivity contribution is 7.90. The van der Waals surface area contributed by atoms with Crippen molar-refractivity contribution in [3.05, 3.63) is 48.0 Å². The first-order valence-corrected chi connectivity index (χ1v) is 8.98. The molecule has 26 heavy (non-hydrogen) atoms. The Bertz CT molecular complexity index is 1060. The van der Waals surface area contributed by atoms with E-state index in [-0.39, 0.29) is 27.9 Å². The molecule has 2 aromatic rings. The summed E-state index contributed by atoms with van der Waals surface area (Å²) in [7, 11) is -3.67. The summed E-state index contributed by atoms with van der Waals surface area (Å²) in [5.41, 5.74) is 0.262. The van der Waals surface area contributed by atoms with Gasteiger partial charge in [-0.05, 0) is 12.8 Å². The topological polar surface area (TPSA) is 135 Å². The lowest BCUT2D eigenvalue weighted by Crippen LogP contribution is -2.04. The van der Waals surface area contributed by atoms with Gasteiger partial charge in [-0.1, -0.05) is 35.0 Å². The summed E-state index contributed by atoms with van der Waals surface area (Å²) >= 11 is 0. The second kappa shape index (κ2) is 7.62. The Kier molecular flexibility index (Phi) is 5.54. The molecule has 0 fully saturated rings. The number of pyridine rings is 1. The lowest BCUT2D eigenvalue weighted by Gasteiger charge is -2.06. The molecule has 0 saturated carbocycles. The van der Waals surface area contributed by atoms with Crippen LogP contribution in [-0.2, 0) is 9.84 Å². The first-order chi connectivity index (χ1) is 12.3. The number of nitrogens with zero attached hydrogens (tertiary/aromatic N) is 3. The number of allylic oxidation sites excluding steroid dienone is 3. The van der Waals surface area contributed by atoms with Crippen LogP contribution in [-0.4, -0.2) is 46.1 Å². The van der Waals surface area contributed by atoms with E-state index in [1.54, 1.807) is 13.0 Å². The molecule has 10 heteroatoms. The van der Waals surface area contributed by atoms with Gasteiger partial charge in [-0.2, -0.15) is 0 Å². The Labute approximate surface area is 149 Å². The van der Waals surface area contributed by atoms with Crippen molar-refractivity contribution in [3.8, 4) is 23.5 Å². The van der Waals surface area contributed by atoms with Crippen LogP contribution in [0.3, 0.4) is 0 Å². The van der Waals surface area contributed by atoms with E-state index in [1.165, 1.54) is 18.3 Å². The highest BCUT2D eigenvalue weighted by atomic mass is 32.2. The van der Waals surface area contributed by atoms with Crippen LogP contribution in [0.25, 0.3) is 0 Å². The SMILES string of the molecule is C=C/C(C#Cc1ncc(Oc2nn[nH]c2C(=O)O)cc1S(C)(=O)=O)=C\C. The first-order valence-electron chi connectivity index (χ1n) is 7.09. The number of hydrogen-bond donors (Lipinski definition) is 2. The summed E-state index contributed by atoms with van der Waals surface area (Å²) in [6.07, 6.45) is 5.46. The average Bonchev–Trinajstić information content (AvgIpc) is 3.04. The number of aromatic amines is 1. The summed E-state index contributed by atoms with van der Waals surface area (Å²) in [6.45, 7) is 5.37. The number of nitrogens with one attached hydrogen (secondary N) is 1. The number of aromatic nitrogens is 4. The van der Waals surface area contributed by atoms with Crippen LogP contribution in [0.1, 0.15) is 23.1 Å². The fraction of sp³-hybridized carbons (Fsp3) is 0.125. The van der Waals surface area contributed by atoms with Crippen molar-refractivity contribution in [2.75, 3.05) is 6.26 Å². The molecule has 2 N–H and O–H groups in total. The molecule has 0 bridgehead atoms. The lowest BCUT2D eigenvalue weighted by atomic mass is 10.2. The molecule has 2 aromatic heterocycles. The molecule has 0 spiro atoms. The largest absolute Gasteiger partial charge is 0.476 e. The monoisotopic (exact) mass is 374 g/mol. The highest BCUT2D eigenvalue weighted by Gasteiger charge is 2.19. The molecule has 0 unspecified atom stereocenters. The predicted octanol–water partition coefficient (Wildman–Crippen LogP) is 1.58. The van der Waals surface area contributed by atoms with Crippen LogP contribution in [0.15, 0.2) is 41.5 Å². The Hall–Kier alpha value is -3.45. The first kappa shape index (κ1) is 18.9. The summed E-state index contributed by atoms with van der Waals surface area (Å²) in [4.78, 5) is 14.9. The zero-order valence-corrected chi connectivity index (χ0v) is 14.7. The third-order valence-electron chi connectivity index (χ3n) is 3.03. The van der Waals surface area contributed by atoms with Crippen molar-refractivity contribution in [2.45, 2.75) is 11.8 Å². The Morgan fingerprint density at radius 1 is 1.46 bits per heavy atom. The normalized spacial score (nSPS) is 11.4. The third kappa shape index (κ3) is 4.34. The van der Waals surface area contributed by atoms with Crippen molar-refractivity contribution in [1.82, 2.24) is 20.4 Å². The zero-order valence-electron chi connectivity index (χ0n) is 13.8. The van der Waals surface area contributed by atoms with Gasteiger partial charge >= 0.3 is 5.97 Å². The number of aromatic carboxylic acids is 1. The Balaban J connectivity index is 2.48. The minimum atomic E-state index is -3.67. The number of rotatable bonds is 5. The van der Waals surface area contributed by atoms with E-state index < -0.39 is 15.8 Å². The van der Waals surface area contributed by atoms with Crippen LogP contribution in [0.2, 0.25) is 0 Å². The molecule has 0 radical (unpaired) electrons. The second-order valence-electron chi connectivity index (χ2n) is 4.89. The molecule has 0 amide bonds. The molecule has 0 aliphatic carbocycles. The number of sulfone groups is 1. The van der Waals surface area contributed by atoms with Gasteiger partial charge in [0.25, 0.3) is 5.88 Å². The zero-order chi connectivity index (χ0) is 19.3. The van der Waals surface area contributed by atoms with Gasteiger partial charge in [-0.15, -0.1) is 0 Å². The summed E-state index contributed by atoms with van der Waals surface area (Å²) in [5.74, 6) is 3.76. The van der Waals surface area contributed by atoms with E-state index in [0.717, 1.165) is 6.26 Å². The van der Waals surface area contributed by atoms with Gasteiger partial charge in [0.1, 0.15) is 16.3 Å². The van der Waals surface area contributed by atoms with Gasteiger partial charge in [-0.3, -0.25) is 0 Å². The lowest BCUT2D eigenvalue weighted by molar-refractivity contribution is 0.0687. The Morgan fingerprint density at radius 3 is 2.77 bits per heavy atom. The number of hydrogen-bond acceptors (Lipinski definition) is 7. The van der Waals surface area contributed by atoms with Crippen molar-refractivity contribution >= 4 is 15.8 Å². The van der Waals surface area contributed by atoms with E-state index >= 15 is 0 Å². The third-order valence-corrected chi connectivity index (χ3v) is 4.14. The number of carboxylic acid groups (broad SMARTS) is 1. The molecule has 134 valence electrons. The predicted molar refractivity (Wildman–Crippen MR) is 91.6 cm³/mol. The molecular weight excluding hydrogens is 360 g/mol. The maximum atomic E-state index is 12.0.